The van der Waals surface area contributed by atoms with Crippen molar-refractivity contribution in [2.75, 3.05) is 19.0 Å². The van der Waals surface area contributed by atoms with Crippen molar-refractivity contribution in [3.05, 3.63) is 63.6 Å². The lowest BCUT2D eigenvalue weighted by atomic mass is 9.65. The predicted octanol–water partition coefficient (Wildman–Crippen LogP) is 4.92. The second kappa shape index (κ2) is 13.4. The van der Waals surface area contributed by atoms with Crippen LogP contribution in [0, 0.1) is 28.1 Å². The minimum absolute atomic E-state index is 0.155. The molecule has 41 heavy (non-hydrogen) atoms. The zero-order valence-electron chi connectivity index (χ0n) is 23.5. The van der Waals surface area contributed by atoms with Crippen LogP contribution in [0.5, 0.6) is 0 Å². The van der Waals surface area contributed by atoms with Gasteiger partial charge < -0.3 is 20.7 Å². The Hall–Kier alpha value is -3.61. The second-order valence-electron chi connectivity index (χ2n) is 10.8. The van der Waals surface area contributed by atoms with Crippen LogP contribution in [0.4, 0.5) is 5.69 Å². The lowest BCUT2D eigenvalue weighted by Gasteiger charge is -2.40. The molecule has 1 aliphatic carbocycles. The Kier molecular flexibility index (Phi) is 10.4. The van der Waals surface area contributed by atoms with Gasteiger partial charge in [-0.15, -0.1) is 0 Å². The number of amides is 3. The molecule has 1 unspecified atom stereocenters. The summed E-state index contributed by atoms with van der Waals surface area (Å²) in [4.78, 5) is 51.7. The van der Waals surface area contributed by atoms with Gasteiger partial charge in [-0.25, -0.2) is 4.79 Å². The van der Waals surface area contributed by atoms with Crippen molar-refractivity contribution in [1.29, 1.82) is 5.26 Å². The van der Waals surface area contributed by atoms with Crippen LogP contribution in [-0.4, -0.2) is 43.4 Å². The molecule has 2 aromatic rings. The number of halogens is 2. The Morgan fingerprint density at radius 1 is 1.07 bits per heavy atom. The van der Waals surface area contributed by atoms with Crippen LogP contribution >= 0.6 is 23.2 Å². The van der Waals surface area contributed by atoms with Crippen molar-refractivity contribution in [1.82, 2.24) is 10.6 Å². The molecule has 0 aromatic heterocycles. The number of esters is 1. The average molecular weight is 602 g/mol. The summed E-state index contributed by atoms with van der Waals surface area (Å²) >= 11 is 12.3. The SMILES string of the molecule is COC(=O)C(Cc1ccc(NC(=O)c2c(Cl)cccc2Cl)cc1)NC(=O)[C@H]1CC[C@@](C)(C(=O)NCCC#N)C1(C)C. The van der Waals surface area contributed by atoms with Crippen molar-refractivity contribution in [2.45, 2.75) is 52.5 Å². The van der Waals surface area contributed by atoms with Gasteiger partial charge in [-0.05, 0) is 48.1 Å². The summed E-state index contributed by atoms with van der Waals surface area (Å²) in [7, 11) is 1.25. The lowest BCUT2D eigenvalue weighted by molar-refractivity contribution is -0.147. The minimum atomic E-state index is -0.956. The highest BCUT2D eigenvalue weighted by molar-refractivity contribution is 6.40. The van der Waals surface area contributed by atoms with E-state index in [1.54, 1.807) is 42.5 Å². The first kappa shape index (κ1) is 31.9. The lowest BCUT2D eigenvalue weighted by Crippen LogP contribution is -2.52. The van der Waals surface area contributed by atoms with E-state index < -0.39 is 34.7 Å². The zero-order valence-corrected chi connectivity index (χ0v) is 25.0. The van der Waals surface area contributed by atoms with Crippen LogP contribution < -0.4 is 16.0 Å². The van der Waals surface area contributed by atoms with Crippen molar-refractivity contribution in [3.63, 3.8) is 0 Å². The van der Waals surface area contributed by atoms with Gasteiger partial charge in [0.05, 0.1) is 40.6 Å². The van der Waals surface area contributed by atoms with Crippen molar-refractivity contribution >= 4 is 52.6 Å². The second-order valence-corrected chi connectivity index (χ2v) is 11.7. The van der Waals surface area contributed by atoms with E-state index in [9.17, 15) is 19.2 Å². The molecule has 0 aliphatic heterocycles. The molecule has 1 aliphatic rings. The van der Waals surface area contributed by atoms with Crippen LogP contribution in [0.2, 0.25) is 10.0 Å². The predicted molar refractivity (Wildman–Crippen MR) is 156 cm³/mol. The molecule has 2 aromatic carbocycles. The van der Waals surface area contributed by atoms with Crippen molar-refractivity contribution < 1.29 is 23.9 Å². The highest BCUT2D eigenvalue weighted by Gasteiger charge is 2.58. The van der Waals surface area contributed by atoms with Gasteiger partial charge in [0, 0.05) is 24.6 Å². The Bertz CT molecular complexity index is 1340. The van der Waals surface area contributed by atoms with Crippen LogP contribution in [0.3, 0.4) is 0 Å². The van der Waals surface area contributed by atoms with Gasteiger partial charge in [0.25, 0.3) is 5.91 Å². The minimum Gasteiger partial charge on any atom is -0.467 e. The Morgan fingerprint density at radius 2 is 1.71 bits per heavy atom. The first-order valence-corrected chi connectivity index (χ1v) is 14.0. The fourth-order valence-corrected chi connectivity index (χ4v) is 5.84. The molecular formula is C30H34Cl2N4O5. The molecule has 11 heteroatoms. The van der Waals surface area contributed by atoms with Gasteiger partial charge in [0.2, 0.25) is 11.8 Å². The number of nitrogens with zero attached hydrogens (tertiary/aromatic N) is 1. The highest BCUT2D eigenvalue weighted by Crippen LogP contribution is 2.56. The average Bonchev–Trinajstić information content (AvgIpc) is 3.18. The summed E-state index contributed by atoms with van der Waals surface area (Å²) in [6.45, 7) is 5.84. The number of carbonyl (C=O) groups is 4. The van der Waals surface area contributed by atoms with E-state index in [2.05, 4.69) is 16.0 Å². The van der Waals surface area contributed by atoms with Crippen molar-refractivity contribution in [3.8, 4) is 6.07 Å². The number of nitrogens with one attached hydrogen (secondary N) is 3. The van der Waals surface area contributed by atoms with Crippen LogP contribution in [-0.2, 0) is 25.5 Å². The maximum atomic E-state index is 13.5. The van der Waals surface area contributed by atoms with E-state index in [1.165, 1.54) is 7.11 Å². The third-order valence-electron chi connectivity index (χ3n) is 8.21. The summed E-state index contributed by atoms with van der Waals surface area (Å²) in [5.74, 6) is -2.11. The third kappa shape index (κ3) is 7.00. The summed E-state index contributed by atoms with van der Waals surface area (Å²) in [5, 5.41) is 17.6. The van der Waals surface area contributed by atoms with E-state index in [0.29, 0.717) is 18.5 Å². The molecule has 1 saturated carbocycles. The number of methoxy groups -OCH3 is 1. The molecule has 0 heterocycles. The van der Waals surface area contributed by atoms with Gasteiger partial charge in [-0.2, -0.15) is 5.26 Å². The molecule has 0 saturated heterocycles. The first-order valence-electron chi connectivity index (χ1n) is 13.2. The van der Waals surface area contributed by atoms with Crippen molar-refractivity contribution in [2.24, 2.45) is 16.7 Å². The third-order valence-corrected chi connectivity index (χ3v) is 8.84. The normalized spacial score (nSPS) is 19.9. The van der Waals surface area contributed by atoms with Crippen LogP contribution in [0.25, 0.3) is 0 Å². The molecule has 3 rings (SSSR count). The number of ether oxygens (including phenoxy) is 1. The van der Waals surface area contributed by atoms with Gasteiger partial charge in [-0.3, -0.25) is 14.4 Å². The smallest absolute Gasteiger partial charge is 0.328 e. The summed E-state index contributed by atoms with van der Waals surface area (Å²) in [6, 6.07) is 12.6. The number of nitriles is 1. The quantitative estimate of drug-likeness (QED) is 0.261. The highest BCUT2D eigenvalue weighted by atomic mass is 35.5. The molecule has 3 N–H and O–H groups in total. The molecular weight excluding hydrogens is 567 g/mol. The van der Waals surface area contributed by atoms with E-state index in [4.69, 9.17) is 33.2 Å². The molecule has 218 valence electrons. The van der Waals surface area contributed by atoms with Gasteiger partial charge in [0.15, 0.2) is 0 Å². The topological polar surface area (TPSA) is 137 Å². The number of anilines is 1. The van der Waals surface area contributed by atoms with Gasteiger partial charge >= 0.3 is 5.97 Å². The Labute approximate surface area is 249 Å². The van der Waals surface area contributed by atoms with E-state index >= 15 is 0 Å². The monoisotopic (exact) mass is 600 g/mol. The maximum Gasteiger partial charge on any atom is 0.328 e. The fraction of sp³-hybridized carbons (Fsp3) is 0.433. The Balaban J connectivity index is 1.69. The molecule has 3 atom stereocenters. The molecule has 0 radical (unpaired) electrons. The number of carbonyl (C=O) groups excluding carboxylic acids is 4. The van der Waals surface area contributed by atoms with Crippen LogP contribution in [0.1, 0.15) is 56.0 Å². The van der Waals surface area contributed by atoms with E-state index in [0.717, 1.165) is 5.56 Å². The molecule has 0 spiro atoms. The molecule has 3 amide bonds. The molecule has 0 bridgehead atoms. The Morgan fingerprint density at radius 3 is 2.29 bits per heavy atom. The molecule has 1 fully saturated rings. The van der Waals surface area contributed by atoms with E-state index in [1.807, 2.05) is 26.8 Å². The van der Waals surface area contributed by atoms with Gasteiger partial charge in [0.1, 0.15) is 6.04 Å². The summed E-state index contributed by atoms with van der Waals surface area (Å²) < 4.78 is 4.96. The summed E-state index contributed by atoms with van der Waals surface area (Å²) in [6.07, 6.45) is 1.32. The van der Waals surface area contributed by atoms with Gasteiger partial charge in [-0.1, -0.05) is 62.2 Å². The number of hydrogen-bond acceptors (Lipinski definition) is 6. The number of hydrogen-bond donors (Lipinski definition) is 3. The molecule has 9 nitrogen and oxygen atoms in total. The van der Waals surface area contributed by atoms with E-state index in [-0.39, 0.29) is 46.8 Å². The van der Waals surface area contributed by atoms with Crippen LogP contribution in [0.15, 0.2) is 42.5 Å². The maximum absolute atomic E-state index is 13.5. The number of rotatable bonds is 10. The zero-order chi connectivity index (χ0) is 30.4. The number of benzene rings is 2. The largest absolute Gasteiger partial charge is 0.467 e. The standard InChI is InChI=1S/C30H34Cl2N4O5/c1-29(2)20(13-14-30(29,3)28(40)34-16-6-15-33)25(37)36-23(27(39)41-4)17-18-9-11-19(12-10-18)35-26(38)24-21(31)7-5-8-22(24)32/h5,7-12,20,23H,6,13-14,16-17H2,1-4H3,(H,34,40)(H,35,38)(H,36,37)/t20-,23?,30+/m1/s1. The first-order chi connectivity index (χ1) is 19.3. The summed E-state index contributed by atoms with van der Waals surface area (Å²) in [5.41, 5.74) is -0.146. The fourth-order valence-electron chi connectivity index (χ4n) is 5.27.